The zero-order chi connectivity index (χ0) is 11.6. The Hall–Kier alpha value is -0.740. The molecule has 0 aliphatic heterocycles. The Morgan fingerprint density at radius 2 is 2.00 bits per heavy atom. The maximum Gasteiger partial charge on any atom is 0.417 e. The minimum atomic E-state index is -4.40. The first-order valence-electron chi connectivity index (χ1n) is 4.43. The molecule has 84 valence electrons. The van der Waals surface area contributed by atoms with Crippen LogP contribution in [0.2, 0.25) is 5.02 Å². The number of benzene rings is 1. The molecule has 0 spiro atoms. The van der Waals surface area contributed by atoms with Gasteiger partial charge < -0.3 is 5.73 Å². The molecule has 1 atom stereocenters. The van der Waals surface area contributed by atoms with Crippen molar-refractivity contribution in [1.82, 2.24) is 0 Å². The van der Waals surface area contributed by atoms with Gasteiger partial charge in [-0.1, -0.05) is 24.6 Å². The molecular weight excluding hydrogens is 227 g/mol. The summed E-state index contributed by atoms with van der Waals surface area (Å²) >= 11 is 5.55. The molecule has 15 heavy (non-hydrogen) atoms. The van der Waals surface area contributed by atoms with Crippen molar-refractivity contribution in [2.24, 2.45) is 5.73 Å². The Balaban J connectivity index is 3.09. The Morgan fingerprint density at radius 3 is 2.40 bits per heavy atom. The molecule has 1 aromatic rings. The predicted octanol–water partition coefficient (Wildman–Crippen LogP) is 3.42. The minimum absolute atomic E-state index is 0.00443. The van der Waals surface area contributed by atoms with E-state index >= 15 is 0 Å². The van der Waals surface area contributed by atoms with Gasteiger partial charge in [0.25, 0.3) is 0 Å². The van der Waals surface area contributed by atoms with Gasteiger partial charge in [-0.05, 0) is 30.2 Å². The molecule has 0 aromatic heterocycles. The van der Waals surface area contributed by atoms with Crippen molar-refractivity contribution in [2.75, 3.05) is 6.54 Å². The van der Waals surface area contributed by atoms with Crippen LogP contribution in [0.3, 0.4) is 0 Å². The minimum Gasteiger partial charge on any atom is -0.330 e. The summed E-state index contributed by atoms with van der Waals surface area (Å²) in [6.45, 7) is 2.21. The van der Waals surface area contributed by atoms with Crippen molar-refractivity contribution in [2.45, 2.75) is 19.0 Å². The largest absolute Gasteiger partial charge is 0.417 e. The van der Waals surface area contributed by atoms with Gasteiger partial charge in [-0.2, -0.15) is 13.2 Å². The highest BCUT2D eigenvalue weighted by Crippen LogP contribution is 2.35. The predicted molar refractivity (Wildman–Crippen MR) is 53.9 cm³/mol. The van der Waals surface area contributed by atoms with E-state index in [0.29, 0.717) is 6.54 Å². The number of alkyl halides is 3. The fourth-order valence-corrected chi connectivity index (χ4v) is 1.50. The van der Waals surface area contributed by atoms with Crippen molar-refractivity contribution in [3.63, 3.8) is 0 Å². The van der Waals surface area contributed by atoms with E-state index in [-0.39, 0.29) is 10.9 Å². The maximum absolute atomic E-state index is 12.4. The molecule has 0 saturated carbocycles. The molecule has 1 nitrogen and oxygen atoms in total. The molecule has 0 aliphatic carbocycles. The molecule has 0 aliphatic rings. The van der Waals surface area contributed by atoms with Crippen LogP contribution in [0.25, 0.3) is 0 Å². The number of nitrogens with two attached hydrogens (primary N) is 1. The van der Waals surface area contributed by atoms with Crippen molar-refractivity contribution in [1.29, 1.82) is 0 Å². The molecule has 0 radical (unpaired) electrons. The summed E-state index contributed by atoms with van der Waals surface area (Å²) in [7, 11) is 0. The lowest BCUT2D eigenvalue weighted by molar-refractivity contribution is -0.137. The van der Waals surface area contributed by atoms with Crippen molar-refractivity contribution in [3.8, 4) is 0 Å². The summed E-state index contributed by atoms with van der Waals surface area (Å²) in [6, 6.07) is 3.72. The van der Waals surface area contributed by atoms with Gasteiger partial charge in [0.2, 0.25) is 0 Å². The second-order valence-corrected chi connectivity index (χ2v) is 3.78. The molecule has 1 unspecified atom stereocenters. The first-order valence-corrected chi connectivity index (χ1v) is 4.80. The molecule has 2 N–H and O–H groups in total. The van der Waals surface area contributed by atoms with Crippen LogP contribution in [0.1, 0.15) is 24.0 Å². The first-order chi connectivity index (χ1) is 6.86. The molecule has 5 heteroatoms. The van der Waals surface area contributed by atoms with E-state index in [1.807, 2.05) is 6.92 Å². The highest BCUT2D eigenvalue weighted by molar-refractivity contribution is 6.31. The van der Waals surface area contributed by atoms with E-state index < -0.39 is 11.7 Å². The Morgan fingerprint density at radius 1 is 1.40 bits per heavy atom. The Kier molecular flexibility index (Phi) is 3.62. The summed E-state index contributed by atoms with van der Waals surface area (Å²) < 4.78 is 37.1. The first kappa shape index (κ1) is 12.3. The highest BCUT2D eigenvalue weighted by Gasteiger charge is 2.33. The average molecular weight is 238 g/mol. The van der Waals surface area contributed by atoms with E-state index in [2.05, 4.69) is 0 Å². The van der Waals surface area contributed by atoms with Gasteiger partial charge in [0.1, 0.15) is 0 Å². The van der Waals surface area contributed by atoms with Gasteiger partial charge in [-0.15, -0.1) is 0 Å². The molecule has 0 saturated heterocycles. The van der Waals surface area contributed by atoms with Crippen LogP contribution < -0.4 is 5.73 Å². The third-order valence-electron chi connectivity index (χ3n) is 2.22. The second kappa shape index (κ2) is 4.41. The molecule has 1 rings (SSSR count). The molecule has 1 aromatic carbocycles. The van der Waals surface area contributed by atoms with Gasteiger partial charge in [0, 0.05) is 0 Å². The summed E-state index contributed by atoms with van der Waals surface area (Å²) in [5.74, 6) is 0.00443. The van der Waals surface area contributed by atoms with Crippen LogP contribution in [0.15, 0.2) is 18.2 Å². The fourth-order valence-electron chi connectivity index (χ4n) is 1.20. The van der Waals surface area contributed by atoms with Crippen molar-refractivity contribution in [3.05, 3.63) is 34.3 Å². The molecule has 0 bridgehead atoms. The third-order valence-corrected chi connectivity index (χ3v) is 2.53. The molecule has 0 amide bonds. The number of hydrogen-bond acceptors (Lipinski definition) is 1. The molecule has 0 heterocycles. The van der Waals surface area contributed by atoms with Gasteiger partial charge >= 0.3 is 6.18 Å². The van der Waals surface area contributed by atoms with E-state index in [1.54, 1.807) is 0 Å². The SMILES string of the molecule is CC(CN)c1ccc(C(F)(F)F)c(Cl)c1. The monoisotopic (exact) mass is 237 g/mol. The summed E-state index contributed by atoms with van der Waals surface area (Å²) in [4.78, 5) is 0. The van der Waals surface area contributed by atoms with E-state index in [4.69, 9.17) is 17.3 Å². The molecule has 0 fully saturated rings. The lowest BCUT2D eigenvalue weighted by Crippen LogP contribution is -2.10. The number of rotatable bonds is 2. The Bertz CT molecular complexity index is 349. The van der Waals surface area contributed by atoms with Crippen LogP contribution in [0.5, 0.6) is 0 Å². The van der Waals surface area contributed by atoms with E-state index in [0.717, 1.165) is 11.6 Å². The number of hydrogen-bond donors (Lipinski definition) is 1. The van der Waals surface area contributed by atoms with E-state index in [9.17, 15) is 13.2 Å². The topological polar surface area (TPSA) is 26.0 Å². The van der Waals surface area contributed by atoms with Crippen molar-refractivity contribution < 1.29 is 13.2 Å². The average Bonchev–Trinajstić information content (AvgIpc) is 2.14. The van der Waals surface area contributed by atoms with Crippen LogP contribution in [-0.4, -0.2) is 6.54 Å². The lowest BCUT2D eigenvalue weighted by atomic mass is 10.00. The summed E-state index contributed by atoms with van der Waals surface area (Å²) in [5.41, 5.74) is 5.32. The van der Waals surface area contributed by atoms with Gasteiger partial charge in [-0.3, -0.25) is 0 Å². The van der Waals surface area contributed by atoms with Crippen LogP contribution in [-0.2, 0) is 6.18 Å². The lowest BCUT2D eigenvalue weighted by Gasteiger charge is -2.13. The van der Waals surface area contributed by atoms with Gasteiger partial charge in [-0.25, -0.2) is 0 Å². The summed E-state index contributed by atoms with van der Waals surface area (Å²) in [6.07, 6.45) is -4.40. The zero-order valence-corrected chi connectivity index (χ0v) is 8.86. The normalized spacial score (nSPS) is 14.0. The zero-order valence-electron chi connectivity index (χ0n) is 8.11. The van der Waals surface area contributed by atoms with Gasteiger partial charge in [0.15, 0.2) is 0 Å². The molecular formula is C10H11ClF3N. The Labute approximate surface area is 91.0 Å². The van der Waals surface area contributed by atoms with Crippen LogP contribution in [0.4, 0.5) is 13.2 Å². The summed E-state index contributed by atoms with van der Waals surface area (Å²) in [5, 5.41) is -0.277. The smallest absolute Gasteiger partial charge is 0.330 e. The third kappa shape index (κ3) is 2.86. The van der Waals surface area contributed by atoms with E-state index in [1.165, 1.54) is 12.1 Å². The quantitative estimate of drug-likeness (QED) is 0.838. The maximum atomic E-state index is 12.4. The fraction of sp³-hybridized carbons (Fsp3) is 0.400. The van der Waals surface area contributed by atoms with Gasteiger partial charge in [0.05, 0.1) is 10.6 Å². The number of halogens is 4. The second-order valence-electron chi connectivity index (χ2n) is 3.37. The van der Waals surface area contributed by atoms with Crippen LogP contribution in [0, 0.1) is 0 Å². The van der Waals surface area contributed by atoms with Crippen molar-refractivity contribution >= 4 is 11.6 Å². The van der Waals surface area contributed by atoms with Crippen LogP contribution >= 0.6 is 11.6 Å². The standard InChI is InChI=1S/C10H11ClF3N/c1-6(5-15)7-2-3-8(9(11)4-7)10(12,13)14/h2-4,6H,5,15H2,1H3. The highest BCUT2D eigenvalue weighted by atomic mass is 35.5.